The number of benzene rings is 1. The van der Waals surface area contributed by atoms with E-state index in [4.69, 9.17) is 4.74 Å². The molecule has 1 aromatic carbocycles. The summed E-state index contributed by atoms with van der Waals surface area (Å²) in [6, 6.07) is 9.54. The van der Waals surface area contributed by atoms with Gasteiger partial charge in [0.2, 0.25) is 0 Å². The van der Waals surface area contributed by atoms with Gasteiger partial charge in [0.1, 0.15) is 5.75 Å². The van der Waals surface area contributed by atoms with Crippen LogP contribution in [0.15, 0.2) is 24.3 Å². The fourth-order valence-electron chi connectivity index (χ4n) is 4.45. The van der Waals surface area contributed by atoms with Crippen molar-refractivity contribution in [2.45, 2.75) is 44.1 Å². The minimum Gasteiger partial charge on any atom is -0.497 e. The first-order chi connectivity index (χ1) is 9.17. The predicted molar refractivity (Wildman–Crippen MR) is 78.7 cm³/mol. The van der Waals surface area contributed by atoms with E-state index in [0.29, 0.717) is 5.41 Å². The van der Waals surface area contributed by atoms with Crippen LogP contribution in [-0.2, 0) is 5.41 Å². The van der Waals surface area contributed by atoms with Gasteiger partial charge in [0.05, 0.1) is 7.11 Å². The molecule has 0 aromatic heterocycles. The summed E-state index contributed by atoms with van der Waals surface area (Å²) in [7, 11) is 4.06. The maximum atomic E-state index is 5.43. The number of hydrogen-bond acceptors (Lipinski definition) is 2. The van der Waals surface area contributed by atoms with Crippen LogP contribution in [0.1, 0.15) is 38.2 Å². The zero-order chi connectivity index (χ0) is 13.5. The van der Waals surface area contributed by atoms with Gasteiger partial charge in [-0.1, -0.05) is 25.5 Å². The smallest absolute Gasteiger partial charge is 0.119 e. The Bertz CT molecular complexity index is 458. The van der Waals surface area contributed by atoms with Gasteiger partial charge in [-0.05, 0) is 56.5 Å². The zero-order valence-corrected chi connectivity index (χ0v) is 12.4. The monoisotopic (exact) mass is 259 g/mol. The first-order valence-electron chi connectivity index (χ1n) is 7.52. The third-order valence-corrected chi connectivity index (χ3v) is 5.69. The van der Waals surface area contributed by atoms with Crippen molar-refractivity contribution < 1.29 is 4.74 Å². The van der Waals surface area contributed by atoms with Crippen LogP contribution < -0.4 is 4.74 Å². The van der Waals surface area contributed by atoms with Gasteiger partial charge in [-0.3, -0.25) is 0 Å². The van der Waals surface area contributed by atoms with Crippen LogP contribution in [0.25, 0.3) is 0 Å². The third-order valence-electron chi connectivity index (χ3n) is 5.69. The van der Waals surface area contributed by atoms with Gasteiger partial charge < -0.3 is 9.64 Å². The molecule has 1 aromatic rings. The summed E-state index contributed by atoms with van der Waals surface area (Å²) in [5.41, 5.74) is 1.88. The Morgan fingerprint density at radius 1 is 1.32 bits per heavy atom. The van der Waals surface area contributed by atoms with Crippen molar-refractivity contribution in [1.82, 2.24) is 4.90 Å². The van der Waals surface area contributed by atoms with E-state index in [1.165, 1.54) is 37.8 Å². The number of nitrogens with zero attached hydrogens (tertiary/aromatic N) is 1. The van der Waals surface area contributed by atoms with Crippen molar-refractivity contribution >= 4 is 0 Å². The Hall–Kier alpha value is -1.02. The summed E-state index contributed by atoms with van der Waals surface area (Å²) in [6.07, 6.45) is 5.35. The summed E-state index contributed by atoms with van der Waals surface area (Å²) in [5, 5.41) is 0. The molecule has 1 aliphatic carbocycles. The Balaban J connectivity index is 2.00. The summed E-state index contributed by atoms with van der Waals surface area (Å²) < 4.78 is 5.43. The molecule has 0 unspecified atom stereocenters. The second kappa shape index (κ2) is 4.82. The second-order valence-electron chi connectivity index (χ2n) is 6.37. The predicted octanol–water partition coefficient (Wildman–Crippen LogP) is 3.46. The highest BCUT2D eigenvalue weighted by Gasteiger charge is 2.48. The lowest BCUT2D eigenvalue weighted by molar-refractivity contribution is 0.0126. The summed E-state index contributed by atoms with van der Waals surface area (Å²) in [5.74, 6) is 1.74. The fraction of sp³-hybridized carbons (Fsp3) is 0.647. The lowest BCUT2D eigenvalue weighted by Gasteiger charge is -2.55. The Morgan fingerprint density at radius 3 is 2.95 bits per heavy atom. The number of likely N-dealkylation sites (tertiary alicyclic amines) is 1. The molecule has 2 heteroatoms. The molecule has 3 rings (SSSR count). The molecule has 1 saturated heterocycles. The van der Waals surface area contributed by atoms with E-state index in [9.17, 15) is 0 Å². The molecule has 1 heterocycles. The Kier molecular flexibility index (Phi) is 3.30. The summed E-state index contributed by atoms with van der Waals surface area (Å²) >= 11 is 0. The maximum absolute atomic E-state index is 5.43. The van der Waals surface area contributed by atoms with E-state index in [2.05, 4.69) is 43.1 Å². The van der Waals surface area contributed by atoms with Gasteiger partial charge in [0.15, 0.2) is 0 Å². The van der Waals surface area contributed by atoms with Gasteiger partial charge in [-0.25, -0.2) is 0 Å². The lowest BCUT2D eigenvalue weighted by atomic mass is 9.57. The number of ether oxygens (including phenoxy) is 1. The Labute approximate surface area is 116 Å². The standard InChI is InChI=1S/C17H25NO/c1-13-16-8-5-9-17(13,10-11-18(16)2)14-6-4-7-15(12-14)19-3/h4,6-7,12-13,16H,5,8-11H2,1-3H3/t13-,16-,17+/m0/s1. The normalized spacial score (nSPS) is 35.1. The molecule has 2 bridgehead atoms. The first kappa shape index (κ1) is 13.0. The highest BCUT2D eigenvalue weighted by atomic mass is 16.5. The maximum Gasteiger partial charge on any atom is 0.119 e. The molecular formula is C17H25NO. The number of fused-ring (bicyclic) bond motifs is 2. The van der Waals surface area contributed by atoms with Crippen molar-refractivity contribution in [2.75, 3.05) is 20.7 Å². The number of methoxy groups -OCH3 is 1. The summed E-state index contributed by atoms with van der Waals surface area (Å²) in [6.45, 7) is 3.69. The molecule has 2 nitrogen and oxygen atoms in total. The lowest BCUT2D eigenvalue weighted by Crippen LogP contribution is -2.56. The van der Waals surface area contributed by atoms with Crippen molar-refractivity contribution in [2.24, 2.45) is 5.92 Å². The second-order valence-corrected chi connectivity index (χ2v) is 6.37. The van der Waals surface area contributed by atoms with E-state index < -0.39 is 0 Å². The van der Waals surface area contributed by atoms with Crippen LogP contribution in [-0.4, -0.2) is 31.6 Å². The van der Waals surface area contributed by atoms with Crippen LogP contribution >= 0.6 is 0 Å². The molecule has 2 fully saturated rings. The molecule has 0 amide bonds. The Morgan fingerprint density at radius 2 is 2.16 bits per heavy atom. The minimum atomic E-state index is 0.379. The quantitative estimate of drug-likeness (QED) is 0.806. The largest absolute Gasteiger partial charge is 0.497 e. The molecular weight excluding hydrogens is 234 g/mol. The van der Waals surface area contributed by atoms with Crippen LogP contribution in [0.4, 0.5) is 0 Å². The molecule has 0 spiro atoms. The van der Waals surface area contributed by atoms with Gasteiger partial charge in [-0.2, -0.15) is 0 Å². The van der Waals surface area contributed by atoms with Gasteiger partial charge >= 0.3 is 0 Å². The van der Waals surface area contributed by atoms with E-state index in [1.54, 1.807) is 7.11 Å². The number of rotatable bonds is 2. The van der Waals surface area contributed by atoms with Crippen LogP contribution in [0.2, 0.25) is 0 Å². The van der Waals surface area contributed by atoms with Crippen LogP contribution in [0.3, 0.4) is 0 Å². The first-order valence-corrected chi connectivity index (χ1v) is 7.52. The number of hydrogen-bond donors (Lipinski definition) is 0. The molecule has 104 valence electrons. The van der Waals surface area contributed by atoms with Crippen molar-refractivity contribution in [1.29, 1.82) is 0 Å². The molecule has 0 radical (unpaired) electrons. The molecule has 3 atom stereocenters. The van der Waals surface area contributed by atoms with Crippen molar-refractivity contribution in [3.63, 3.8) is 0 Å². The highest BCUT2D eigenvalue weighted by molar-refractivity contribution is 5.36. The molecule has 0 N–H and O–H groups in total. The van der Waals surface area contributed by atoms with Gasteiger partial charge in [0.25, 0.3) is 0 Å². The van der Waals surface area contributed by atoms with Crippen LogP contribution in [0, 0.1) is 5.92 Å². The average molecular weight is 259 g/mol. The van der Waals surface area contributed by atoms with Gasteiger partial charge in [-0.15, -0.1) is 0 Å². The highest BCUT2D eigenvalue weighted by Crippen LogP contribution is 2.50. The van der Waals surface area contributed by atoms with Crippen molar-refractivity contribution in [3.8, 4) is 5.75 Å². The van der Waals surface area contributed by atoms with E-state index in [1.807, 2.05) is 0 Å². The minimum absolute atomic E-state index is 0.379. The SMILES string of the molecule is COc1cccc([C@@]23CCC[C@@H]([C@@H]2C)N(C)CC3)c1. The molecule has 19 heavy (non-hydrogen) atoms. The molecule has 1 saturated carbocycles. The van der Waals surface area contributed by atoms with Gasteiger partial charge in [0, 0.05) is 11.5 Å². The van der Waals surface area contributed by atoms with E-state index in [-0.39, 0.29) is 0 Å². The number of piperidine rings is 1. The topological polar surface area (TPSA) is 12.5 Å². The average Bonchev–Trinajstić information content (AvgIpc) is 2.44. The zero-order valence-electron chi connectivity index (χ0n) is 12.4. The third kappa shape index (κ3) is 1.97. The molecule has 1 aliphatic heterocycles. The van der Waals surface area contributed by atoms with Crippen molar-refractivity contribution in [3.05, 3.63) is 29.8 Å². The van der Waals surface area contributed by atoms with E-state index in [0.717, 1.165) is 17.7 Å². The van der Waals surface area contributed by atoms with E-state index >= 15 is 0 Å². The molecule has 2 aliphatic rings. The fourth-order valence-corrected chi connectivity index (χ4v) is 4.45. The van der Waals surface area contributed by atoms with Crippen LogP contribution in [0.5, 0.6) is 5.75 Å². The summed E-state index contributed by atoms with van der Waals surface area (Å²) in [4.78, 5) is 2.57.